The SMILES string of the molecule is CC(=O)N1CC[NH+](CC(=O)Nc2ccccc2C)CC1. The molecule has 0 atom stereocenters. The van der Waals surface area contributed by atoms with Crippen molar-refractivity contribution in [3.05, 3.63) is 29.8 Å². The van der Waals surface area contributed by atoms with E-state index < -0.39 is 0 Å². The van der Waals surface area contributed by atoms with E-state index in [1.165, 1.54) is 4.90 Å². The fraction of sp³-hybridized carbons (Fsp3) is 0.467. The molecule has 1 aromatic carbocycles. The molecule has 0 spiro atoms. The van der Waals surface area contributed by atoms with Crippen LogP contribution in [0.25, 0.3) is 0 Å². The summed E-state index contributed by atoms with van der Waals surface area (Å²) in [5.41, 5.74) is 1.94. The van der Waals surface area contributed by atoms with Crippen molar-refractivity contribution >= 4 is 17.5 Å². The smallest absolute Gasteiger partial charge is 0.279 e. The average molecular weight is 276 g/mol. The van der Waals surface area contributed by atoms with E-state index in [9.17, 15) is 9.59 Å². The molecule has 1 fully saturated rings. The number of benzene rings is 1. The first kappa shape index (κ1) is 14.5. The number of hydrogen-bond acceptors (Lipinski definition) is 2. The summed E-state index contributed by atoms with van der Waals surface area (Å²) in [7, 11) is 0. The van der Waals surface area contributed by atoms with Gasteiger partial charge in [0.2, 0.25) is 5.91 Å². The molecule has 1 aliphatic heterocycles. The van der Waals surface area contributed by atoms with Crippen LogP contribution in [0.1, 0.15) is 12.5 Å². The van der Waals surface area contributed by atoms with Crippen molar-refractivity contribution in [2.45, 2.75) is 13.8 Å². The topological polar surface area (TPSA) is 53.9 Å². The molecule has 0 radical (unpaired) electrons. The first-order chi connectivity index (χ1) is 9.56. The highest BCUT2D eigenvalue weighted by Crippen LogP contribution is 2.12. The van der Waals surface area contributed by atoms with Crippen LogP contribution in [0.5, 0.6) is 0 Å². The molecule has 1 aromatic rings. The predicted octanol–water partition coefficient (Wildman–Crippen LogP) is -0.319. The Balaban J connectivity index is 1.81. The van der Waals surface area contributed by atoms with E-state index in [1.807, 2.05) is 36.1 Å². The van der Waals surface area contributed by atoms with Crippen LogP contribution in [0, 0.1) is 6.92 Å². The van der Waals surface area contributed by atoms with E-state index in [0.29, 0.717) is 6.54 Å². The van der Waals surface area contributed by atoms with Crippen molar-refractivity contribution in [3.63, 3.8) is 0 Å². The molecule has 2 N–H and O–H groups in total. The second-order valence-corrected chi connectivity index (χ2v) is 5.30. The highest BCUT2D eigenvalue weighted by Gasteiger charge is 2.23. The van der Waals surface area contributed by atoms with Crippen LogP contribution in [-0.2, 0) is 9.59 Å². The lowest BCUT2D eigenvalue weighted by atomic mass is 10.2. The van der Waals surface area contributed by atoms with E-state index >= 15 is 0 Å². The van der Waals surface area contributed by atoms with Crippen LogP contribution in [0.2, 0.25) is 0 Å². The van der Waals surface area contributed by atoms with Gasteiger partial charge in [0.1, 0.15) is 0 Å². The molecule has 20 heavy (non-hydrogen) atoms. The van der Waals surface area contributed by atoms with Gasteiger partial charge < -0.3 is 15.1 Å². The summed E-state index contributed by atoms with van der Waals surface area (Å²) in [5.74, 6) is 0.152. The van der Waals surface area contributed by atoms with Gasteiger partial charge in [0.25, 0.3) is 5.91 Å². The zero-order valence-electron chi connectivity index (χ0n) is 12.1. The largest absolute Gasteiger partial charge is 0.332 e. The van der Waals surface area contributed by atoms with E-state index in [0.717, 1.165) is 37.4 Å². The van der Waals surface area contributed by atoms with Gasteiger partial charge in [-0.05, 0) is 18.6 Å². The van der Waals surface area contributed by atoms with Crippen LogP contribution >= 0.6 is 0 Å². The third-order valence-electron chi connectivity index (χ3n) is 3.75. The second kappa shape index (κ2) is 6.52. The standard InChI is InChI=1S/C15H21N3O2/c1-12-5-3-4-6-14(12)16-15(20)11-17-7-9-18(10-8-17)13(2)19/h3-6H,7-11H2,1-2H3,(H,16,20)/p+1. The van der Waals surface area contributed by atoms with Crippen LogP contribution in [0.4, 0.5) is 5.69 Å². The van der Waals surface area contributed by atoms with Crippen molar-refractivity contribution in [2.75, 3.05) is 38.0 Å². The molecular weight excluding hydrogens is 254 g/mol. The molecule has 0 bridgehead atoms. The number of quaternary nitrogens is 1. The first-order valence-electron chi connectivity index (χ1n) is 7.01. The number of hydrogen-bond donors (Lipinski definition) is 2. The lowest BCUT2D eigenvalue weighted by molar-refractivity contribution is -0.895. The number of nitrogens with zero attached hydrogens (tertiary/aromatic N) is 1. The number of amides is 2. The number of nitrogens with one attached hydrogen (secondary N) is 2. The summed E-state index contributed by atoms with van der Waals surface area (Å²) in [6, 6.07) is 7.77. The van der Waals surface area contributed by atoms with Crippen LogP contribution in [0.3, 0.4) is 0 Å². The van der Waals surface area contributed by atoms with E-state index in [4.69, 9.17) is 0 Å². The zero-order valence-corrected chi connectivity index (χ0v) is 12.1. The molecule has 1 aliphatic rings. The molecule has 5 heteroatoms. The first-order valence-corrected chi connectivity index (χ1v) is 7.01. The Morgan fingerprint density at radius 3 is 2.50 bits per heavy atom. The van der Waals surface area contributed by atoms with Crippen molar-refractivity contribution in [1.82, 2.24) is 4.90 Å². The highest BCUT2D eigenvalue weighted by molar-refractivity contribution is 5.92. The zero-order chi connectivity index (χ0) is 14.5. The maximum atomic E-state index is 12.0. The van der Waals surface area contributed by atoms with Gasteiger partial charge in [-0.25, -0.2) is 0 Å². The summed E-state index contributed by atoms with van der Waals surface area (Å²) in [4.78, 5) is 26.3. The number of carbonyl (C=O) groups excluding carboxylic acids is 2. The van der Waals surface area contributed by atoms with Crippen LogP contribution in [-0.4, -0.2) is 49.4 Å². The Morgan fingerprint density at radius 2 is 1.90 bits per heavy atom. The predicted molar refractivity (Wildman–Crippen MR) is 77.6 cm³/mol. The van der Waals surface area contributed by atoms with Gasteiger partial charge >= 0.3 is 0 Å². The second-order valence-electron chi connectivity index (χ2n) is 5.30. The third-order valence-corrected chi connectivity index (χ3v) is 3.75. The fourth-order valence-electron chi connectivity index (χ4n) is 2.45. The third kappa shape index (κ3) is 3.81. The van der Waals surface area contributed by atoms with Crippen LogP contribution in [0.15, 0.2) is 24.3 Å². The summed E-state index contributed by atoms with van der Waals surface area (Å²) >= 11 is 0. The molecule has 0 aromatic heterocycles. The number of para-hydroxylation sites is 1. The lowest BCUT2D eigenvalue weighted by Crippen LogP contribution is -3.15. The van der Waals surface area contributed by atoms with Gasteiger partial charge in [0, 0.05) is 12.6 Å². The normalized spacial score (nSPS) is 16.0. The lowest BCUT2D eigenvalue weighted by Gasteiger charge is -2.31. The van der Waals surface area contributed by atoms with E-state index in [1.54, 1.807) is 6.92 Å². The summed E-state index contributed by atoms with van der Waals surface area (Å²) in [6.45, 7) is 7.18. The molecule has 2 rings (SSSR count). The van der Waals surface area contributed by atoms with Gasteiger partial charge in [0.05, 0.1) is 26.2 Å². The molecule has 1 heterocycles. The number of rotatable bonds is 3. The maximum Gasteiger partial charge on any atom is 0.279 e. The molecule has 0 saturated carbocycles. The molecule has 2 amide bonds. The Kier molecular flexibility index (Phi) is 4.74. The van der Waals surface area contributed by atoms with Gasteiger partial charge in [-0.1, -0.05) is 18.2 Å². The minimum atomic E-state index is 0.0329. The number of piperazine rings is 1. The van der Waals surface area contributed by atoms with E-state index in [-0.39, 0.29) is 11.8 Å². The van der Waals surface area contributed by atoms with Crippen LogP contribution < -0.4 is 10.2 Å². The van der Waals surface area contributed by atoms with E-state index in [2.05, 4.69) is 5.32 Å². The minimum absolute atomic E-state index is 0.0329. The van der Waals surface area contributed by atoms with Crippen molar-refractivity contribution in [3.8, 4) is 0 Å². The summed E-state index contributed by atoms with van der Waals surface area (Å²) in [5, 5.41) is 2.95. The molecule has 0 unspecified atom stereocenters. The molecule has 108 valence electrons. The Hall–Kier alpha value is -1.88. The monoisotopic (exact) mass is 276 g/mol. The quantitative estimate of drug-likeness (QED) is 0.795. The Bertz CT molecular complexity index is 494. The molecule has 1 saturated heterocycles. The molecular formula is C15H22N3O2+. The van der Waals surface area contributed by atoms with Crippen molar-refractivity contribution < 1.29 is 14.5 Å². The summed E-state index contributed by atoms with van der Waals surface area (Å²) in [6.07, 6.45) is 0. The van der Waals surface area contributed by atoms with Crippen molar-refractivity contribution in [2.24, 2.45) is 0 Å². The van der Waals surface area contributed by atoms with Gasteiger partial charge in [-0.2, -0.15) is 0 Å². The molecule has 5 nitrogen and oxygen atoms in total. The number of aryl methyl sites for hydroxylation is 1. The van der Waals surface area contributed by atoms with Gasteiger partial charge in [-0.3, -0.25) is 9.59 Å². The molecule has 0 aliphatic carbocycles. The summed E-state index contributed by atoms with van der Waals surface area (Å²) < 4.78 is 0. The number of carbonyl (C=O) groups is 2. The highest BCUT2D eigenvalue weighted by atomic mass is 16.2. The van der Waals surface area contributed by atoms with Crippen molar-refractivity contribution in [1.29, 1.82) is 0 Å². The Morgan fingerprint density at radius 1 is 1.25 bits per heavy atom. The Labute approximate surface area is 119 Å². The minimum Gasteiger partial charge on any atom is -0.332 e. The maximum absolute atomic E-state index is 12.0. The van der Waals surface area contributed by atoms with Gasteiger partial charge in [-0.15, -0.1) is 0 Å². The number of anilines is 1. The average Bonchev–Trinajstić information content (AvgIpc) is 2.42. The van der Waals surface area contributed by atoms with Gasteiger partial charge in [0.15, 0.2) is 6.54 Å². The fourth-order valence-corrected chi connectivity index (χ4v) is 2.45.